The number of carbonyl (C=O) groups excluding carboxylic acids is 1. The number of hydrogen-bond donors (Lipinski definition) is 1. The molecule has 0 aliphatic rings. The molecule has 0 saturated heterocycles. The molecule has 0 unspecified atom stereocenters. The Labute approximate surface area is 197 Å². The number of alkyl halides is 9. The first-order valence-electron chi connectivity index (χ1n) is 10.3. The van der Waals surface area contributed by atoms with Crippen LogP contribution in [0.3, 0.4) is 0 Å². The number of nitrogens with zero attached hydrogens (tertiary/aromatic N) is 3. The molecule has 1 N–H and O–H groups in total. The molecule has 6 nitrogen and oxygen atoms in total. The van der Waals surface area contributed by atoms with Gasteiger partial charge in [-0.25, -0.2) is 4.98 Å². The van der Waals surface area contributed by atoms with Crippen LogP contribution in [-0.4, -0.2) is 44.3 Å². The van der Waals surface area contributed by atoms with Crippen LogP contribution < -0.4 is 4.74 Å². The van der Waals surface area contributed by atoms with E-state index < -0.39 is 55.4 Å². The summed E-state index contributed by atoms with van der Waals surface area (Å²) in [6.45, 7) is 3.26. The zero-order valence-corrected chi connectivity index (χ0v) is 18.9. The van der Waals surface area contributed by atoms with Crippen molar-refractivity contribution in [2.45, 2.75) is 52.1 Å². The second-order valence-corrected chi connectivity index (χ2v) is 8.17. The molecular formula is C21H19F9N4O2. The lowest BCUT2D eigenvalue weighted by atomic mass is 10.0. The van der Waals surface area contributed by atoms with Gasteiger partial charge < -0.3 is 4.74 Å². The molecule has 0 aliphatic heterocycles. The number of aromatic nitrogens is 4. The predicted molar refractivity (Wildman–Crippen MR) is 107 cm³/mol. The maximum absolute atomic E-state index is 13.2. The van der Waals surface area contributed by atoms with Crippen molar-refractivity contribution in [1.82, 2.24) is 19.6 Å². The fraction of sp³-hybridized carbons (Fsp3) is 0.476. The topological polar surface area (TPSA) is 72.3 Å². The third kappa shape index (κ3) is 5.59. The lowest BCUT2D eigenvalue weighted by Crippen LogP contribution is -2.37. The SMILES string of the molecule is Cc1cc(OCCC(C(F)(F)F)C(F)(F)F)c2nc(C)c(C(=O)Cc3c(C(F)(F)F)n[nH]c3C)n2c1. The molecule has 3 rings (SSSR count). The van der Waals surface area contributed by atoms with Crippen LogP contribution in [-0.2, 0) is 12.6 Å². The normalized spacial score (nSPS) is 13.1. The summed E-state index contributed by atoms with van der Waals surface area (Å²) in [4.78, 5) is 17.1. The lowest BCUT2D eigenvalue weighted by Gasteiger charge is -2.22. The predicted octanol–water partition coefficient (Wildman–Crippen LogP) is 5.94. The molecule has 0 atom stereocenters. The van der Waals surface area contributed by atoms with Gasteiger partial charge in [0.2, 0.25) is 0 Å². The molecule has 3 aromatic rings. The van der Waals surface area contributed by atoms with E-state index in [4.69, 9.17) is 4.74 Å². The van der Waals surface area contributed by atoms with E-state index in [9.17, 15) is 44.3 Å². The van der Waals surface area contributed by atoms with Crippen molar-refractivity contribution < 1.29 is 49.0 Å². The molecule has 0 radical (unpaired) electrons. The number of ketones is 1. The van der Waals surface area contributed by atoms with E-state index in [0.29, 0.717) is 5.56 Å². The fourth-order valence-corrected chi connectivity index (χ4v) is 3.75. The van der Waals surface area contributed by atoms with Crippen molar-refractivity contribution >= 4 is 11.4 Å². The molecule has 0 fully saturated rings. The number of imidazole rings is 1. The van der Waals surface area contributed by atoms with Gasteiger partial charge in [-0.15, -0.1) is 0 Å². The summed E-state index contributed by atoms with van der Waals surface area (Å²) >= 11 is 0. The first kappa shape index (κ1) is 27.3. The standard InChI is InChI=1S/C21H19F9N4O2/c1-9-6-14(36-5-4-15(19(22,23)24)20(25,26)27)18-31-11(3)16(34(18)8-9)13(35)7-12-10(2)32-33-17(12)21(28,29)30/h6,8,15H,4-5,7H2,1-3H3,(H,32,33). The monoisotopic (exact) mass is 530 g/mol. The first-order chi connectivity index (χ1) is 16.4. The van der Waals surface area contributed by atoms with Gasteiger partial charge in [-0.3, -0.25) is 14.3 Å². The maximum Gasteiger partial charge on any atom is 0.435 e. The average molecular weight is 530 g/mol. The molecule has 198 valence electrons. The minimum Gasteiger partial charge on any atom is -0.490 e. The number of fused-ring (bicyclic) bond motifs is 1. The van der Waals surface area contributed by atoms with Crippen molar-refractivity contribution in [3.05, 3.63) is 46.2 Å². The average Bonchev–Trinajstić information content (AvgIpc) is 3.22. The van der Waals surface area contributed by atoms with E-state index >= 15 is 0 Å². The third-order valence-corrected chi connectivity index (χ3v) is 5.40. The molecule has 0 aliphatic carbocycles. The highest BCUT2D eigenvalue weighted by atomic mass is 19.4. The van der Waals surface area contributed by atoms with Gasteiger partial charge in [0, 0.05) is 30.3 Å². The summed E-state index contributed by atoms with van der Waals surface area (Å²) in [5, 5.41) is 5.40. The van der Waals surface area contributed by atoms with Gasteiger partial charge in [-0.2, -0.15) is 44.6 Å². The molecule has 0 aromatic carbocycles. The highest BCUT2D eigenvalue weighted by Gasteiger charge is 2.56. The van der Waals surface area contributed by atoms with E-state index in [-0.39, 0.29) is 34.0 Å². The Bertz CT molecular complexity index is 1260. The highest BCUT2D eigenvalue weighted by molar-refractivity contribution is 5.98. The van der Waals surface area contributed by atoms with Gasteiger partial charge in [0.15, 0.2) is 28.8 Å². The Morgan fingerprint density at radius 1 is 1.06 bits per heavy atom. The van der Waals surface area contributed by atoms with Crippen LogP contribution >= 0.6 is 0 Å². The number of carbonyl (C=O) groups is 1. The summed E-state index contributed by atoms with van der Waals surface area (Å²) in [7, 11) is 0. The maximum atomic E-state index is 13.2. The number of aromatic amines is 1. The molecular weight excluding hydrogens is 511 g/mol. The first-order valence-corrected chi connectivity index (χ1v) is 10.3. The fourth-order valence-electron chi connectivity index (χ4n) is 3.75. The van der Waals surface area contributed by atoms with Crippen molar-refractivity contribution in [3.63, 3.8) is 0 Å². The number of nitrogens with one attached hydrogen (secondary N) is 1. The molecule has 0 saturated carbocycles. The molecule has 0 spiro atoms. The Balaban J connectivity index is 1.92. The second-order valence-electron chi connectivity index (χ2n) is 8.17. The Morgan fingerprint density at radius 2 is 1.67 bits per heavy atom. The van der Waals surface area contributed by atoms with Gasteiger partial charge in [-0.05, 0) is 32.4 Å². The molecule has 15 heteroatoms. The van der Waals surface area contributed by atoms with E-state index in [1.165, 1.54) is 37.4 Å². The number of halogens is 9. The van der Waals surface area contributed by atoms with E-state index in [2.05, 4.69) is 15.2 Å². The summed E-state index contributed by atoms with van der Waals surface area (Å²) in [5.74, 6) is -4.54. The van der Waals surface area contributed by atoms with Gasteiger partial charge in [-0.1, -0.05) is 0 Å². The van der Waals surface area contributed by atoms with Crippen molar-refractivity contribution in [1.29, 1.82) is 0 Å². The Hall–Kier alpha value is -3.26. The van der Waals surface area contributed by atoms with Crippen molar-refractivity contribution in [2.75, 3.05) is 6.61 Å². The number of aryl methyl sites for hydroxylation is 3. The van der Waals surface area contributed by atoms with Gasteiger partial charge in [0.05, 0.1) is 12.3 Å². The zero-order valence-electron chi connectivity index (χ0n) is 18.9. The van der Waals surface area contributed by atoms with Crippen molar-refractivity contribution in [3.8, 4) is 5.75 Å². The van der Waals surface area contributed by atoms with Crippen LogP contribution in [0.25, 0.3) is 5.65 Å². The lowest BCUT2D eigenvalue weighted by molar-refractivity contribution is -0.286. The van der Waals surface area contributed by atoms with Crippen LogP contribution in [0.2, 0.25) is 0 Å². The summed E-state index contributed by atoms with van der Waals surface area (Å²) < 4.78 is 123. The number of rotatable bonds is 7. The number of hydrogen-bond acceptors (Lipinski definition) is 4. The molecule has 0 bridgehead atoms. The van der Waals surface area contributed by atoms with E-state index in [0.717, 1.165) is 0 Å². The van der Waals surface area contributed by atoms with Gasteiger partial charge in [0.1, 0.15) is 5.69 Å². The number of Topliss-reactive ketones (excluding diaryl/α,β-unsaturated/α-hetero) is 1. The highest BCUT2D eigenvalue weighted by Crippen LogP contribution is 2.41. The van der Waals surface area contributed by atoms with Crippen molar-refractivity contribution in [2.24, 2.45) is 5.92 Å². The van der Waals surface area contributed by atoms with Crippen LogP contribution in [0, 0.1) is 26.7 Å². The van der Waals surface area contributed by atoms with E-state index in [1.54, 1.807) is 0 Å². The smallest absolute Gasteiger partial charge is 0.435 e. The number of pyridine rings is 1. The zero-order chi connectivity index (χ0) is 27.2. The minimum atomic E-state index is -5.52. The van der Waals surface area contributed by atoms with Gasteiger partial charge in [0.25, 0.3) is 0 Å². The summed E-state index contributed by atoms with van der Waals surface area (Å²) in [6.07, 6.45) is -16.5. The van der Waals surface area contributed by atoms with Crippen LogP contribution in [0.4, 0.5) is 39.5 Å². The van der Waals surface area contributed by atoms with E-state index in [1.807, 2.05) is 0 Å². The molecule has 3 aromatic heterocycles. The molecule has 36 heavy (non-hydrogen) atoms. The minimum absolute atomic E-state index is 0.0336. The molecule has 3 heterocycles. The quantitative estimate of drug-likeness (QED) is 0.303. The molecule has 0 amide bonds. The largest absolute Gasteiger partial charge is 0.490 e. The Morgan fingerprint density at radius 3 is 2.22 bits per heavy atom. The number of ether oxygens (including phenoxy) is 1. The third-order valence-electron chi connectivity index (χ3n) is 5.40. The Kier molecular flexibility index (Phi) is 7.07. The number of H-pyrrole nitrogens is 1. The second kappa shape index (κ2) is 9.32. The van der Waals surface area contributed by atoms with Gasteiger partial charge >= 0.3 is 18.5 Å². The summed E-state index contributed by atoms with van der Waals surface area (Å²) in [6, 6.07) is 1.31. The van der Waals surface area contributed by atoms with Crippen LogP contribution in [0.5, 0.6) is 5.75 Å². The summed E-state index contributed by atoms with van der Waals surface area (Å²) in [5.41, 5.74) is -1.30. The van der Waals surface area contributed by atoms with Crippen LogP contribution in [0.1, 0.15) is 45.1 Å². The van der Waals surface area contributed by atoms with Crippen LogP contribution in [0.15, 0.2) is 12.3 Å².